The summed E-state index contributed by atoms with van der Waals surface area (Å²) in [5, 5.41) is 8.44. The Morgan fingerprint density at radius 1 is 1.20 bits per heavy atom. The molecular formula is C24H30N4O2. The van der Waals surface area contributed by atoms with Crippen molar-refractivity contribution in [3.05, 3.63) is 47.8 Å². The van der Waals surface area contributed by atoms with Crippen molar-refractivity contribution in [3.63, 3.8) is 0 Å². The molecule has 2 aromatic rings. The summed E-state index contributed by atoms with van der Waals surface area (Å²) < 4.78 is 8.36. The van der Waals surface area contributed by atoms with E-state index in [0.29, 0.717) is 11.8 Å². The summed E-state index contributed by atoms with van der Waals surface area (Å²) in [6.45, 7) is 4.42. The minimum atomic E-state index is -0.334. The number of carbonyl (C=O) groups is 1. The lowest BCUT2D eigenvalue weighted by Gasteiger charge is -2.50. The standard InChI is InChI=1S/C24H30N4O2/c29-23(20-14-17-6-10-25-15-21(17)20)27-11-8-24(9-12-27)22-18(7-13-30-24)16-28(26-22)19-4-2-1-3-5-19/h1-5,16-17,20-21,25H,6-15H2/t17-,20-,21-/m1/s1. The minimum absolute atomic E-state index is 0.233. The van der Waals surface area contributed by atoms with E-state index in [4.69, 9.17) is 9.84 Å². The van der Waals surface area contributed by atoms with Gasteiger partial charge in [0, 0.05) is 25.2 Å². The maximum absolute atomic E-state index is 13.2. The van der Waals surface area contributed by atoms with Gasteiger partial charge in [0.25, 0.3) is 0 Å². The van der Waals surface area contributed by atoms with Gasteiger partial charge in [-0.15, -0.1) is 0 Å². The molecule has 1 saturated carbocycles. The molecule has 4 aliphatic rings. The monoisotopic (exact) mass is 406 g/mol. The maximum atomic E-state index is 13.2. The zero-order valence-electron chi connectivity index (χ0n) is 17.4. The van der Waals surface area contributed by atoms with Crippen LogP contribution in [0.25, 0.3) is 5.69 Å². The van der Waals surface area contributed by atoms with Crippen LogP contribution in [-0.4, -0.2) is 53.4 Å². The van der Waals surface area contributed by atoms with Crippen LogP contribution in [0, 0.1) is 17.8 Å². The Morgan fingerprint density at radius 2 is 2.03 bits per heavy atom. The molecule has 0 unspecified atom stereocenters. The van der Waals surface area contributed by atoms with Crippen molar-refractivity contribution in [2.24, 2.45) is 17.8 Å². The van der Waals surface area contributed by atoms with E-state index in [9.17, 15) is 4.79 Å². The highest BCUT2D eigenvalue weighted by Crippen LogP contribution is 2.46. The fourth-order valence-corrected chi connectivity index (χ4v) is 6.11. The fourth-order valence-electron chi connectivity index (χ4n) is 6.11. The second-order valence-electron chi connectivity index (χ2n) is 9.46. The lowest BCUT2D eigenvalue weighted by atomic mass is 9.61. The number of nitrogens with zero attached hydrogens (tertiary/aromatic N) is 3. The molecule has 158 valence electrons. The molecule has 6 rings (SSSR count). The van der Waals surface area contributed by atoms with E-state index in [1.54, 1.807) is 0 Å². The molecule has 1 aromatic heterocycles. The molecule has 0 bridgehead atoms. The van der Waals surface area contributed by atoms with Crippen LogP contribution in [0.1, 0.15) is 36.9 Å². The number of carbonyl (C=O) groups excluding carboxylic acids is 1. The lowest BCUT2D eigenvalue weighted by molar-refractivity contribution is -0.154. The van der Waals surface area contributed by atoms with Crippen LogP contribution in [0.15, 0.2) is 36.5 Å². The maximum Gasteiger partial charge on any atom is 0.226 e. The zero-order valence-corrected chi connectivity index (χ0v) is 17.4. The molecule has 3 atom stereocenters. The van der Waals surface area contributed by atoms with Crippen molar-refractivity contribution < 1.29 is 9.53 Å². The van der Waals surface area contributed by atoms with Gasteiger partial charge in [0.2, 0.25) is 5.91 Å². The Bertz CT molecular complexity index is 932. The Labute approximate surface area is 177 Å². The van der Waals surface area contributed by atoms with Crippen molar-refractivity contribution in [2.75, 3.05) is 32.8 Å². The number of hydrogen-bond acceptors (Lipinski definition) is 4. The number of aromatic nitrogens is 2. The number of para-hydroxylation sites is 1. The first-order chi connectivity index (χ1) is 14.7. The van der Waals surface area contributed by atoms with E-state index in [-0.39, 0.29) is 11.5 Å². The molecule has 1 aromatic carbocycles. The molecule has 1 N–H and O–H groups in total. The van der Waals surface area contributed by atoms with Crippen LogP contribution in [0.4, 0.5) is 0 Å². The van der Waals surface area contributed by atoms with Crippen LogP contribution < -0.4 is 5.32 Å². The molecule has 1 spiro atoms. The molecular weight excluding hydrogens is 376 g/mol. The number of fused-ring (bicyclic) bond motifs is 3. The normalized spacial score (nSPS) is 29.7. The first-order valence-electron chi connectivity index (χ1n) is 11.5. The van der Waals surface area contributed by atoms with Crippen molar-refractivity contribution in [3.8, 4) is 5.69 Å². The second kappa shape index (κ2) is 7.20. The third-order valence-electron chi connectivity index (χ3n) is 7.94. The van der Waals surface area contributed by atoms with Crippen LogP contribution >= 0.6 is 0 Å². The second-order valence-corrected chi connectivity index (χ2v) is 9.46. The summed E-state index contributed by atoms with van der Waals surface area (Å²) in [5.74, 6) is 1.93. The van der Waals surface area contributed by atoms with E-state index >= 15 is 0 Å². The van der Waals surface area contributed by atoms with Gasteiger partial charge in [0.1, 0.15) is 5.60 Å². The summed E-state index contributed by atoms with van der Waals surface area (Å²) in [7, 11) is 0. The van der Waals surface area contributed by atoms with E-state index < -0.39 is 0 Å². The number of nitrogens with one attached hydrogen (secondary N) is 1. The third-order valence-corrected chi connectivity index (χ3v) is 7.94. The van der Waals surface area contributed by atoms with Gasteiger partial charge in [-0.2, -0.15) is 5.10 Å². The molecule has 3 fully saturated rings. The Hall–Kier alpha value is -2.18. The van der Waals surface area contributed by atoms with Crippen LogP contribution in [0.3, 0.4) is 0 Å². The number of hydrogen-bond donors (Lipinski definition) is 1. The van der Waals surface area contributed by atoms with E-state index in [0.717, 1.165) is 75.8 Å². The van der Waals surface area contributed by atoms with Crippen molar-refractivity contribution in [2.45, 2.75) is 37.7 Å². The lowest BCUT2D eigenvalue weighted by Crippen LogP contribution is -2.57. The largest absolute Gasteiger partial charge is 0.368 e. The topological polar surface area (TPSA) is 59.4 Å². The van der Waals surface area contributed by atoms with Gasteiger partial charge in [-0.25, -0.2) is 4.68 Å². The summed E-state index contributed by atoms with van der Waals surface area (Å²) in [4.78, 5) is 15.3. The minimum Gasteiger partial charge on any atom is -0.368 e. The van der Waals surface area contributed by atoms with Crippen molar-refractivity contribution in [1.82, 2.24) is 20.0 Å². The third kappa shape index (κ3) is 2.92. The van der Waals surface area contributed by atoms with Crippen molar-refractivity contribution in [1.29, 1.82) is 0 Å². The summed E-state index contributed by atoms with van der Waals surface area (Å²) in [6.07, 6.45) is 7.09. The average molecular weight is 407 g/mol. The fraction of sp³-hybridized carbons (Fsp3) is 0.583. The molecule has 4 heterocycles. The number of rotatable bonds is 2. The van der Waals surface area contributed by atoms with Gasteiger partial charge in [0.15, 0.2) is 0 Å². The highest BCUT2D eigenvalue weighted by Gasteiger charge is 2.49. The van der Waals surface area contributed by atoms with Crippen molar-refractivity contribution >= 4 is 5.91 Å². The van der Waals surface area contributed by atoms with Crippen LogP contribution in [0.5, 0.6) is 0 Å². The molecule has 30 heavy (non-hydrogen) atoms. The van der Waals surface area contributed by atoms with E-state index in [2.05, 4.69) is 28.5 Å². The molecule has 1 aliphatic carbocycles. The van der Waals surface area contributed by atoms with E-state index in [1.807, 2.05) is 22.9 Å². The Kier molecular flexibility index (Phi) is 4.46. The van der Waals surface area contributed by atoms with Gasteiger partial charge in [-0.05, 0) is 74.7 Å². The highest BCUT2D eigenvalue weighted by molar-refractivity contribution is 5.80. The molecule has 6 nitrogen and oxygen atoms in total. The number of ether oxygens (including phenoxy) is 1. The van der Waals surface area contributed by atoms with Crippen LogP contribution in [0.2, 0.25) is 0 Å². The molecule has 1 amide bonds. The van der Waals surface area contributed by atoms with Gasteiger partial charge in [-0.3, -0.25) is 4.79 Å². The van der Waals surface area contributed by atoms with Crippen LogP contribution in [-0.2, 0) is 21.6 Å². The molecule has 6 heteroatoms. The summed E-state index contributed by atoms with van der Waals surface area (Å²) in [6, 6.07) is 10.3. The predicted octanol–water partition coefficient (Wildman–Crippen LogP) is 2.51. The number of benzene rings is 1. The summed E-state index contributed by atoms with van der Waals surface area (Å²) in [5.41, 5.74) is 3.12. The van der Waals surface area contributed by atoms with Gasteiger partial charge >= 0.3 is 0 Å². The SMILES string of the molecule is O=C([C@@H]1C[C@H]2CCNC[C@H]21)N1CCC2(CC1)OCCc1cn(-c3ccccc3)nc12. The Balaban J connectivity index is 1.18. The van der Waals surface area contributed by atoms with Gasteiger partial charge in [-0.1, -0.05) is 18.2 Å². The number of piperidine rings is 2. The first-order valence-corrected chi connectivity index (χ1v) is 11.5. The number of likely N-dealkylation sites (tertiary alicyclic amines) is 1. The molecule has 0 radical (unpaired) electrons. The first kappa shape index (κ1) is 18.6. The Morgan fingerprint density at radius 3 is 2.83 bits per heavy atom. The quantitative estimate of drug-likeness (QED) is 0.833. The predicted molar refractivity (Wildman–Crippen MR) is 113 cm³/mol. The van der Waals surface area contributed by atoms with E-state index in [1.165, 1.54) is 12.0 Å². The molecule has 2 saturated heterocycles. The summed E-state index contributed by atoms with van der Waals surface area (Å²) >= 11 is 0. The smallest absolute Gasteiger partial charge is 0.226 e. The number of amides is 1. The molecule has 3 aliphatic heterocycles. The van der Waals surface area contributed by atoms with Gasteiger partial charge in [0.05, 0.1) is 18.0 Å². The highest BCUT2D eigenvalue weighted by atomic mass is 16.5. The zero-order chi connectivity index (χ0) is 20.1. The average Bonchev–Trinajstić information content (AvgIpc) is 3.22. The van der Waals surface area contributed by atoms with Gasteiger partial charge < -0.3 is 15.0 Å².